The lowest BCUT2D eigenvalue weighted by atomic mass is 10.1. The molecule has 0 bridgehead atoms. The van der Waals surface area contributed by atoms with Crippen molar-refractivity contribution in [3.63, 3.8) is 0 Å². The van der Waals surface area contributed by atoms with E-state index in [9.17, 15) is 4.79 Å². The third-order valence-corrected chi connectivity index (χ3v) is 3.96. The Balaban J connectivity index is 1.90. The van der Waals surface area contributed by atoms with Crippen molar-refractivity contribution >= 4 is 11.6 Å². The number of likely N-dealkylation sites (N-methyl/N-ethyl adjacent to an activating group) is 1. The molecule has 122 valence electrons. The van der Waals surface area contributed by atoms with Gasteiger partial charge in [-0.1, -0.05) is 43.3 Å². The molecule has 3 heteroatoms. The second kappa shape index (κ2) is 7.93. The van der Waals surface area contributed by atoms with Gasteiger partial charge in [0, 0.05) is 12.2 Å². The van der Waals surface area contributed by atoms with Gasteiger partial charge in [0.25, 0.3) is 0 Å². The molecule has 0 atom stereocenters. The number of nitrogens with zero attached hydrogens (tertiary/aromatic N) is 1. The molecule has 1 amide bonds. The topological polar surface area (TPSA) is 32.3 Å². The van der Waals surface area contributed by atoms with Crippen LogP contribution in [0.2, 0.25) is 0 Å². The van der Waals surface area contributed by atoms with Crippen LogP contribution in [-0.4, -0.2) is 24.4 Å². The maximum Gasteiger partial charge on any atom is 0.238 e. The Kier molecular flexibility index (Phi) is 5.94. The van der Waals surface area contributed by atoms with Crippen molar-refractivity contribution in [2.24, 2.45) is 0 Å². The molecule has 0 heterocycles. The van der Waals surface area contributed by atoms with E-state index in [-0.39, 0.29) is 5.91 Å². The average Bonchev–Trinajstić information content (AvgIpc) is 2.51. The molecule has 3 nitrogen and oxygen atoms in total. The third-order valence-electron chi connectivity index (χ3n) is 3.96. The normalized spacial score (nSPS) is 10.8. The number of hydrogen-bond donors (Lipinski definition) is 1. The van der Waals surface area contributed by atoms with E-state index in [0.717, 1.165) is 29.8 Å². The van der Waals surface area contributed by atoms with Crippen LogP contribution < -0.4 is 5.32 Å². The highest BCUT2D eigenvalue weighted by Crippen LogP contribution is 2.16. The Morgan fingerprint density at radius 2 is 1.70 bits per heavy atom. The minimum absolute atomic E-state index is 0.0198. The zero-order valence-electron chi connectivity index (χ0n) is 14.5. The fraction of sp³-hybridized carbons (Fsp3) is 0.350. The second-order valence-electron chi connectivity index (χ2n) is 6.21. The highest BCUT2D eigenvalue weighted by molar-refractivity contribution is 5.93. The average molecular weight is 310 g/mol. The van der Waals surface area contributed by atoms with Crippen molar-refractivity contribution in [2.75, 3.05) is 18.9 Å². The van der Waals surface area contributed by atoms with Gasteiger partial charge in [0.05, 0.1) is 6.54 Å². The molecule has 0 saturated carbocycles. The standard InChI is InChI=1S/C20H26N2O/c1-5-17-8-10-18(11-9-17)13-22(4)14-20(23)21-19-12-15(2)6-7-16(19)3/h6-12H,5,13-14H2,1-4H3,(H,21,23). The summed E-state index contributed by atoms with van der Waals surface area (Å²) in [6, 6.07) is 14.7. The molecule has 0 aliphatic rings. The first-order chi connectivity index (χ1) is 11.0. The summed E-state index contributed by atoms with van der Waals surface area (Å²) >= 11 is 0. The van der Waals surface area contributed by atoms with Crippen LogP contribution in [0.5, 0.6) is 0 Å². The SMILES string of the molecule is CCc1ccc(CN(C)CC(=O)Nc2cc(C)ccc2C)cc1. The third kappa shape index (κ3) is 5.22. The maximum atomic E-state index is 12.2. The predicted octanol–water partition coefficient (Wildman–Crippen LogP) is 3.94. The van der Waals surface area contributed by atoms with E-state index in [1.165, 1.54) is 11.1 Å². The number of carbonyl (C=O) groups excluding carboxylic acids is 1. The summed E-state index contributed by atoms with van der Waals surface area (Å²) in [5.41, 5.74) is 5.70. The Hall–Kier alpha value is -2.13. The fourth-order valence-electron chi connectivity index (χ4n) is 2.55. The van der Waals surface area contributed by atoms with Gasteiger partial charge >= 0.3 is 0 Å². The van der Waals surface area contributed by atoms with Crippen molar-refractivity contribution in [1.82, 2.24) is 4.90 Å². The second-order valence-corrected chi connectivity index (χ2v) is 6.21. The molecule has 0 aliphatic carbocycles. The molecule has 0 spiro atoms. The molecule has 0 aliphatic heterocycles. The van der Waals surface area contributed by atoms with Crippen molar-refractivity contribution in [2.45, 2.75) is 33.7 Å². The smallest absolute Gasteiger partial charge is 0.238 e. The number of aryl methyl sites for hydroxylation is 3. The van der Waals surface area contributed by atoms with Gasteiger partial charge in [0.15, 0.2) is 0 Å². The van der Waals surface area contributed by atoms with Gasteiger partial charge < -0.3 is 5.32 Å². The van der Waals surface area contributed by atoms with E-state index in [1.807, 2.05) is 37.9 Å². The van der Waals surface area contributed by atoms with Gasteiger partial charge in [0.1, 0.15) is 0 Å². The Morgan fingerprint density at radius 1 is 1.04 bits per heavy atom. The minimum atomic E-state index is 0.0198. The molecule has 23 heavy (non-hydrogen) atoms. The highest BCUT2D eigenvalue weighted by Gasteiger charge is 2.09. The monoisotopic (exact) mass is 310 g/mol. The molecular weight excluding hydrogens is 284 g/mol. The highest BCUT2D eigenvalue weighted by atomic mass is 16.2. The molecular formula is C20H26N2O. The van der Waals surface area contributed by atoms with Crippen LogP contribution >= 0.6 is 0 Å². The summed E-state index contributed by atoms with van der Waals surface area (Å²) in [6.07, 6.45) is 1.05. The zero-order valence-corrected chi connectivity index (χ0v) is 14.5. The molecule has 0 saturated heterocycles. The number of amides is 1. The van der Waals surface area contributed by atoms with Crippen LogP contribution in [0.15, 0.2) is 42.5 Å². The molecule has 2 aromatic rings. The molecule has 0 radical (unpaired) electrons. The fourth-order valence-corrected chi connectivity index (χ4v) is 2.55. The van der Waals surface area contributed by atoms with Crippen LogP contribution in [-0.2, 0) is 17.8 Å². The summed E-state index contributed by atoms with van der Waals surface area (Å²) < 4.78 is 0. The van der Waals surface area contributed by atoms with Gasteiger partial charge in [0.2, 0.25) is 5.91 Å². The van der Waals surface area contributed by atoms with Crippen LogP contribution in [0.4, 0.5) is 5.69 Å². The lowest BCUT2D eigenvalue weighted by Crippen LogP contribution is -2.30. The predicted molar refractivity (Wildman–Crippen MR) is 96.7 cm³/mol. The number of hydrogen-bond acceptors (Lipinski definition) is 2. The van der Waals surface area contributed by atoms with Gasteiger partial charge in [-0.2, -0.15) is 0 Å². The van der Waals surface area contributed by atoms with Crippen molar-refractivity contribution in [1.29, 1.82) is 0 Å². The number of nitrogens with one attached hydrogen (secondary N) is 1. The Labute approximate surface area is 139 Å². The summed E-state index contributed by atoms with van der Waals surface area (Å²) in [5.74, 6) is 0.0198. The Bertz CT molecular complexity index is 662. The van der Waals surface area contributed by atoms with Crippen molar-refractivity contribution in [3.8, 4) is 0 Å². The van der Waals surface area contributed by atoms with Crippen LogP contribution in [0, 0.1) is 13.8 Å². The molecule has 0 aromatic heterocycles. The van der Waals surface area contributed by atoms with Gasteiger partial charge in [-0.15, -0.1) is 0 Å². The van der Waals surface area contributed by atoms with Crippen LogP contribution in [0.25, 0.3) is 0 Å². The van der Waals surface area contributed by atoms with E-state index in [4.69, 9.17) is 0 Å². The van der Waals surface area contributed by atoms with Gasteiger partial charge in [-0.3, -0.25) is 9.69 Å². The summed E-state index contributed by atoms with van der Waals surface area (Å²) in [7, 11) is 1.97. The van der Waals surface area contributed by atoms with E-state index in [2.05, 4.69) is 42.6 Å². The number of rotatable bonds is 6. The van der Waals surface area contributed by atoms with Crippen LogP contribution in [0.3, 0.4) is 0 Å². The summed E-state index contributed by atoms with van der Waals surface area (Å²) in [5, 5.41) is 3.01. The maximum absolute atomic E-state index is 12.2. The minimum Gasteiger partial charge on any atom is -0.325 e. The summed E-state index contributed by atoms with van der Waals surface area (Å²) in [6.45, 7) is 7.33. The van der Waals surface area contributed by atoms with Crippen molar-refractivity contribution < 1.29 is 4.79 Å². The quantitative estimate of drug-likeness (QED) is 0.876. The van der Waals surface area contributed by atoms with E-state index < -0.39 is 0 Å². The van der Waals surface area contributed by atoms with E-state index >= 15 is 0 Å². The molecule has 1 N–H and O–H groups in total. The van der Waals surface area contributed by atoms with Crippen molar-refractivity contribution in [3.05, 3.63) is 64.7 Å². The first kappa shape index (κ1) is 17.2. The molecule has 0 fully saturated rings. The van der Waals surface area contributed by atoms with Gasteiger partial charge in [-0.25, -0.2) is 0 Å². The lowest BCUT2D eigenvalue weighted by molar-refractivity contribution is -0.117. The molecule has 0 unspecified atom stereocenters. The van der Waals surface area contributed by atoms with Gasteiger partial charge in [-0.05, 0) is 55.6 Å². The molecule has 2 rings (SSSR count). The lowest BCUT2D eigenvalue weighted by Gasteiger charge is -2.17. The van der Waals surface area contributed by atoms with Crippen LogP contribution in [0.1, 0.15) is 29.2 Å². The largest absolute Gasteiger partial charge is 0.325 e. The zero-order chi connectivity index (χ0) is 16.8. The number of benzene rings is 2. The number of carbonyl (C=O) groups is 1. The first-order valence-electron chi connectivity index (χ1n) is 8.11. The number of anilines is 1. The Morgan fingerprint density at radius 3 is 2.35 bits per heavy atom. The first-order valence-corrected chi connectivity index (χ1v) is 8.11. The summed E-state index contributed by atoms with van der Waals surface area (Å²) in [4.78, 5) is 14.3. The van der Waals surface area contributed by atoms with E-state index in [0.29, 0.717) is 6.54 Å². The van der Waals surface area contributed by atoms with E-state index in [1.54, 1.807) is 0 Å². The molecule has 2 aromatic carbocycles.